The predicted octanol–water partition coefficient (Wildman–Crippen LogP) is 17.0. The Balaban J connectivity index is 1.23. The van der Waals surface area contributed by atoms with Crippen LogP contribution in [0.25, 0.3) is 87.1 Å². The quantitative estimate of drug-likeness (QED) is 0.120. The lowest BCUT2D eigenvalue weighted by molar-refractivity contribution is -0.716. The molecule has 10 aromatic rings. The van der Waals surface area contributed by atoms with E-state index in [9.17, 15) is 0 Å². The van der Waals surface area contributed by atoms with Crippen LogP contribution in [0.3, 0.4) is 0 Å². The molecule has 2 aliphatic heterocycles. The second-order valence-electron chi connectivity index (χ2n) is 23.4. The molecule has 5 heteroatoms. The monoisotopic (exact) mass is 961 g/mol. The van der Waals surface area contributed by atoms with Crippen molar-refractivity contribution in [2.45, 2.75) is 117 Å². The summed E-state index contributed by atoms with van der Waals surface area (Å²) in [7, 11) is -1.70. The van der Waals surface area contributed by atoms with Gasteiger partial charge < -0.3 is 0 Å². The summed E-state index contributed by atoms with van der Waals surface area (Å²) in [4.78, 5) is 0. The maximum atomic E-state index is 5.30. The number of nitrogens with zero attached hydrogens (tertiary/aromatic N) is 3. The summed E-state index contributed by atoms with van der Waals surface area (Å²) < 4.78 is 10.8. The van der Waals surface area contributed by atoms with Gasteiger partial charge in [-0.25, -0.2) is 0 Å². The fraction of sp³-hybridized carbons (Fsp3) is 0.273. The van der Waals surface area contributed by atoms with Gasteiger partial charge in [0.05, 0.1) is 30.3 Å². The second-order valence-corrected chi connectivity index (χ2v) is 29.5. The van der Waals surface area contributed by atoms with E-state index in [0.717, 1.165) is 25.0 Å². The van der Waals surface area contributed by atoms with Crippen LogP contribution in [0.4, 0.5) is 0 Å². The van der Waals surface area contributed by atoms with Gasteiger partial charge in [-0.05, 0) is 99.0 Å². The van der Waals surface area contributed by atoms with Gasteiger partial charge in [0, 0.05) is 43.8 Å². The summed E-state index contributed by atoms with van der Waals surface area (Å²) in [6, 6.07) is 56.0. The molecule has 0 aliphatic carbocycles. The standard InChI is InChI=1S/C66H67N3SSi/c1-40(2)52-36-46(43-21-13-12-14-22-43)37-53(41(3)4)63(52)69-56-27-19-18-26-55(56)68-42(5)35-58-49(50-33-29-44-23-15-16-24-48(44)61(50)57-34-31-47(39-67(57)58)71(9,10)11)32-30-45-38-54(66(6,7)8)62-51-25-17-20-28-59(51)70-64(62)60(45)65(68)69/h12-29,31,33-34,36-41,49,58H,5,30,32,35H2,1-4,6-11H3/q+2. The molecule has 3 aromatic heterocycles. The third-order valence-corrected chi connectivity index (χ3v) is 19.3. The van der Waals surface area contributed by atoms with Gasteiger partial charge in [-0.3, -0.25) is 0 Å². The molecule has 0 N–H and O–H groups in total. The predicted molar refractivity (Wildman–Crippen MR) is 307 cm³/mol. The highest BCUT2D eigenvalue weighted by Gasteiger charge is 2.46. The van der Waals surface area contributed by atoms with Crippen molar-refractivity contribution in [3.63, 3.8) is 0 Å². The van der Waals surface area contributed by atoms with E-state index in [-0.39, 0.29) is 29.2 Å². The first-order chi connectivity index (χ1) is 34.1. The number of aromatic nitrogens is 3. The number of imidazole rings is 1. The maximum absolute atomic E-state index is 5.30. The fourth-order valence-corrected chi connectivity index (χ4v) is 14.9. The van der Waals surface area contributed by atoms with E-state index < -0.39 is 8.07 Å². The summed E-state index contributed by atoms with van der Waals surface area (Å²) in [5.41, 5.74) is 18.4. The number of benzene rings is 7. The van der Waals surface area contributed by atoms with Crippen LogP contribution in [0.15, 0.2) is 158 Å². The number of fused-ring (bicyclic) bond motifs is 17. The van der Waals surface area contributed by atoms with Gasteiger partial charge in [-0.1, -0.05) is 184 Å². The molecule has 0 radical (unpaired) electrons. The Morgan fingerprint density at radius 3 is 2.10 bits per heavy atom. The summed E-state index contributed by atoms with van der Waals surface area (Å²) >= 11 is 1.98. The third-order valence-electron chi connectivity index (χ3n) is 16.1. The Hall–Kier alpha value is -6.40. The molecule has 7 aromatic carbocycles. The van der Waals surface area contributed by atoms with Crippen LogP contribution in [0.5, 0.6) is 0 Å². The van der Waals surface area contributed by atoms with Crippen LogP contribution in [0.1, 0.15) is 113 Å². The highest BCUT2D eigenvalue weighted by molar-refractivity contribution is 7.26. The largest absolute Gasteiger partial charge is 0.301 e. The highest BCUT2D eigenvalue weighted by Crippen LogP contribution is 2.52. The molecule has 0 bridgehead atoms. The van der Waals surface area contributed by atoms with Crippen molar-refractivity contribution in [3.8, 4) is 39.5 Å². The Labute approximate surface area is 425 Å². The van der Waals surface area contributed by atoms with Crippen molar-refractivity contribution in [1.82, 2.24) is 4.57 Å². The number of rotatable bonds is 5. The first kappa shape index (κ1) is 45.7. The Morgan fingerprint density at radius 2 is 1.38 bits per heavy atom. The van der Waals surface area contributed by atoms with Crippen LogP contribution in [-0.2, 0) is 11.8 Å². The molecule has 5 heterocycles. The van der Waals surface area contributed by atoms with Crippen LogP contribution in [0.2, 0.25) is 19.6 Å². The van der Waals surface area contributed by atoms with E-state index in [1.54, 1.807) is 0 Å². The van der Waals surface area contributed by atoms with E-state index in [1.807, 2.05) is 11.3 Å². The zero-order valence-corrected chi connectivity index (χ0v) is 45.1. The molecule has 2 atom stereocenters. The SMILES string of the molecule is C=C1CC2C(CCc3cc(C(C)(C)C)c4c(sc5ccccc54)c3-c3n1c1ccccc1[n+]3-c1c(C(C)C)cc(-c3ccccc3)cc1C(C)C)c1ccc3ccccc3c1-c1ccc([Si](C)(C)C)c[n+]12. The number of aryl methyl sites for hydroxylation is 1. The summed E-state index contributed by atoms with van der Waals surface area (Å²) in [5.74, 6) is 2.00. The van der Waals surface area contributed by atoms with E-state index in [4.69, 9.17) is 6.58 Å². The highest BCUT2D eigenvalue weighted by atomic mass is 32.1. The minimum atomic E-state index is -1.70. The Kier molecular flexibility index (Phi) is 10.9. The minimum absolute atomic E-state index is 0.0947. The second kappa shape index (κ2) is 16.9. The van der Waals surface area contributed by atoms with Crippen molar-refractivity contribution >= 4 is 72.3 Å². The fourth-order valence-electron chi connectivity index (χ4n) is 12.5. The van der Waals surface area contributed by atoms with Gasteiger partial charge >= 0.3 is 5.82 Å². The molecule has 71 heavy (non-hydrogen) atoms. The van der Waals surface area contributed by atoms with Crippen LogP contribution in [0, 0.1) is 0 Å². The van der Waals surface area contributed by atoms with Crippen molar-refractivity contribution in [3.05, 3.63) is 186 Å². The average molecular weight is 962 g/mol. The number of allylic oxidation sites excluding steroid dienone is 1. The van der Waals surface area contributed by atoms with Gasteiger partial charge in [0.1, 0.15) is 11.4 Å². The molecule has 0 amide bonds. The first-order valence-corrected chi connectivity index (χ1v) is 30.4. The van der Waals surface area contributed by atoms with Crippen LogP contribution in [-0.4, -0.2) is 12.6 Å². The van der Waals surface area contributed by atoms with Crippen molar-refractivity contribution in [2.75, 3.05) is 0 Å². The molecule has 354 valence electrons. The number of para-hydroxylation sites is 2. The molecule has 3 nitrogen and oxygen atoms in total. The van der Waals surface area contributed by atoms with Gasteiger partial charge in [0.15, 0.2) is 23.3 Å². The minimum Gasteiger partial charge on any atom is -0.195 e. The van der Waals surface area contributed by atoms with Gasteiger partial charge in [0.2, 0.25) is 5.69 Å². The van der Waals surface area contributed by atoms with E-state index in [1.165, 1.54) is 114 Å². The molecule has 0 spiro atoms. The lowest BCUT2D eigenvalue weighted by Gasteiger charge is -2.33. The summed E-state index contributed by atoms with van der Waals surface area (Å²) in [6.45, 7) is 29.6. The summed E-state index contributed by atoms with van der Waals surface area (Å²) in [6.07, 6.45) is 5.33. The normalized spacial score (nSPS) is 16.1. The molecular weight excluding hydrogens is 895 g/mol. The van der Waals surface area contributed by atoms with Crippen molar-refractivity contribution < 1.29 is 9.13 Å². The average Bonchev–Trinajstić information content (AvgIpc) is 3.91. The number of hydrogen-bond donors (Lipinski definition) is 0. The molecule has 12 rings (SSSR count). The van der Waals surface area contributed by atoms with Gasteiger partial charge in [-0.2, -0.15) is 13.7 Å². The van der Waals surface area contributed by atoms with Crippen molar-refractivity contribution in [2.24, 2.45) is 0 Å². The zero-order chi connectivity index (χ0) is 49.2. The van der Waals surface area contributed by atoms with Crippen LogP contribution >= 0.6 is 11.3 Å². The number of pyridine rings is 1. The third kappa shape index (κ3) is 7.32. The zero-order valence-electron chi connectivity index (χ0n) is 43.3. The van der Waals surface area contributed by atoms with E-state index in [0.29, 0.717) is 0 Å². The lowest BCUT2D eigenvalue weighted by Crippen LogP contribution is -2.52. The molecular formula is C66H67N3SSi+2. The number of hydrogen-bond acceptors (Lipinski definition) is 1. The van der Waals surface area contributed by atoms with Crippen LogP contribution < -0.4 is 14.3 Å². The molecule has 2 unspecified atom stereocenters. The topological polar surface area (TPSA) is 12.7 Å². The maximum Gasteiger partial charge on any atom is 0.301 e. The molecule has 0 saturated carbocycles. The molecule has 0 saturated heterocycles. The van der Waals surface area contributed by atoms with E-state index in [2.05, 4.69) is 234 Å². The Bertz CT molecular complexity index is 3770. The number of thiophene rings is 1. The lowest BCUT2D eigenvalue weighted by atomic mass is 9.75. The van der Waals surface area contributed by atoms with Crippen molar-refractivity contribution in [1.29, 1.82) is 0 Å². The van der Waals surface area contributed by atoms with E-state index >= 15 is 0 Å². The Morgan fingerprint density at radius 1 is 0.704 bits per heavy atom. The summed E-state index contributed by atoms with van der Waals surface area (Å²) in [5, 5.41) is 6.88. The van der Waals surface area contributed by atoms with Gasteiger partial charge in [0.25, 0.3) is 0 Å². The first-order valence-electron chi connectivity index (χ1n) is 26.1. The molecule has 0 fully saturated rings. The molecule has 2 aliphatic rings. The smallest absolute Gasteiger partial charge is 0.195 e. The van der Waals surface area contributed by atoms with Gasteiger partial charge in [-0.15, -0.1) is 11.3 Å².